The number of carbonyl (C=O) groups is 1. The third-order valence-electron chi connectivity index (χ3n) is 2.42. The number of ether oxygens (including phenoxy) is 2. The lowest BCUT2D eigenvalue weighted by Crippen LogP contribution is -2.10. The molecule has 2 rings (SSSR count). The number of rotatable bonds is 5. The van der Waals surface area contributed by atoms with E-state index in [1.165, 1.54) is 12.4 Å². The normalized spacial score (nSPS) is 10.1. The molecule has 4 N–H and O–H groups in total. The van der Waals surface area contributed by atoms with Crippen LogP contribution in [0.5, 0.6) is 17.5 Å². The molecule has 1 amide bonds. The third-order valence-corrected chi connectivity index (χ3v) is 2.42. The zero-order valence-corrected chi connectivity index (χ0v) is 10.9. The van der Waals surface area contributed by atoms with Crippen LogP contribution in [-0.4, -0.2) is 22.5 Å². The lowest BCUT2D eigenvalue weighted by atomic mass is 10.2. The van der Waals surface area contributed by atoms with Gasteiger partial charge in [0.1, 0.15) is 12.1 Å². The lowest BCUT2D eigenvalue weighted by Gasteiger charge is -2.10. The minimum absolute atomic E-state index is 0.157. The highest BCUT2D eigenvalue weighted by atomic mass is 16.5. The number of primary amides is 1. The molecule has 0 aliphatic carbocycles. The number of aromatic nitrogens is 2. The van der Waals surface area contributed by atoms with Crippen LogP contribution in [0.4, 0.5) is 5.69 Å². The van der Waals surface area contributed by atoms with Gasteiger partial charge in [-0.1, -0.05) is 6.07 Å². The van der Waals surface area contributed by atoms with Gasteiger partial charge in [-0.2, -0.15) is 9.97 Å². The maximum atomic E-state index is 11.1. The number of nitrogens with two attached hydrogens (primary N) is 2. The Labute approximate surface area is 115 Å². The van der Waals surface area contributed by atoms with Gasteiger partial charge in [0.25, 0.3) is 0 Å². The topological polar surface area (TPSA) is 113 Å². The van der Waals surface area contributed by atoms with Gasteiger partial charge in [-0.25, -0.2) is 0 Å². The maximum Gasteiger partial charge on any atom is 0.249 e. The van der Waals surface area contributed by atoms with Crippen molar-refractivity contribution < 1.29 is 14.3 Å². The van der Waals surface area contributed by atoms with Crippen molar-refractivity contribution in [1.29, 1.82) is 0 Å². The first-order valence-corrected chi connectivity index (χ1v) is 5.92. The van der Waals surface area contributed by atoms with Crippen molar-refractivity contribution in [2.75, 3.05) is 12.3 Å². The Hall–Kier alpha value is -2.83. The van der Waals surface area contributed by atoms with E-state index in [4.69, 9.17) is 20.9 Å². The summed E-state index contributed by atoms with van der Waals surface area (Å²) < 4.78 is 10.8. The predicted octanol–water partition coefficient (Wildman–Crippen LogP) is 1.35. The lowest BCUT2D eigenvalue weighted by molar-refractivity contribution is 0.1000. The summed E-state index contributed by atoms with van der Waals surface area (Å²) in [5.41, 5.74) is 11.6. The molecule has 0 saturated heterocycles. The van der Waals surface area contributed by atoms with Crippen molar-refractivity contribution in [3.63, 3.8) is 0 Å². The van der Waals surface area contributed by atoms with Gasteiger partial charge >= 0.3 is 0 Å². The Morgan fingerprint density at radius 3 is 2.75 bits per heavy atom. The van der Waals surface area contributed by atoms with Crippen LogP contribution in [0.2, 0.25) is 0 Å². The second-order valence-corrected chi connectivity index (χ2v) is 3.82. The molecule has 104 valence electrons. The fourth-order valence-corrected chi connectivity index (χ4v) is 1.52. The van der Waals surface area contributed by atoms with Gasteiger partial charge in [0, 0.05) is 5.56 Å². The van der Waals surface area contributed by atoms with E-state index >= 15 is 0 Å². The maximum absolute atomic E-state index is 11.1. The van der Waals surface area contributed by atoms with Gasteiger partial charge in [0.15, 0.2) is 5.69 Å². The molecule has 7 nitrogen and oxygen atoms in total. The first-order chi connectivity index (χ1) is 9.61. The molecule has 0 aliphatic heterocycles. The molecule has 0 atom stereocenters. The number of anilines is 1. The first-order valence-electron chi connectivity index (χ1n) is 5.92. The zero-order valence-electron chi connectivity index (χ0n) is 10.9. The van der Waals surface area contributed by atoms with Gasteiger partial charge in [0.05, 0.1) is 6.61 Å². The molecule has 20 heavy (non-hydrogen) atoms. The highest BCUT2D eigenvalue weighted by Gasteiger charge is 2.11. The second kappa shape index (κ2) is 5.87. The third kappa shape index (κ3) is 2.94. The monoisotopic (exact) mass is 274 g/mol. The van der Waals surface area contributed by atoms with Gasteiger partial charge in [-0.05, 0) is 25.1 Å². The van der Waals surface area contributed by atoms with Crippen molar-refractivity contribution in [1.82, 2.24) is 9.97 Å². The quantitative estimate of drug-likeness (QED) is 0.850. The summed E-state index contributed by atoms with van der Waals surface area (Å²) in [6.07, 6.45) is 1.29. The van der Waals surface area contributed by atoms with Gasteiger partial charge in [0.2, 0.25) is 17.7 Å². The number of nitrogen functional groups attached to an aromatic ring is 1. The largest absolute Gasteiger partial charge is 0.476 e. The van der Waals surface area contributed by atoms with Crippen LogP contribution < -0.4 is 20.9 Å². The van der Waals surface area contributed by atoms with Crippen LogP contribution in [0.25, 0.3) is 0 Å². The van der Waals surface area contributed by atoms with E-state index in [1.807, 2.05) is 6.92 Å². The Balaban J connectivity index is 2.28. The molecule has 0 aliphatic rings. The minimum atomic E-state index is -0.541. The average Bonchev–Trinajstić information content (AvgIpc) is 2.44. The van der Waals surface area contributed by atoms with E-state index < -0.39 is 5.91 Å². The minimum Gasteiger partial charge on any atom is -0.476 e. The van der Waals surface area contributed by atoms with E-state index in [1.54, 1.807) is 18.2 Å². The van der Waals surface area contributed by atoms with E-state index in [2.05, 4.69) is 9.97 Å². The molecule has 0 spiro atoms. The summed E-state index contributed by atoms with van der Waals surface area (Å²) in [6.45, 7) is 2.25. The number of hydrogen-bond acceptors (Lipinski definition) is 6. The summed E-state index contributed by atoms with van der Waals surface area (Å²) in [5.74, 6) is 0.267. The summed E-state index contributed by atoms with van der Waals surface area (Å²) >= 11 is 0. The van der Waals surface area contributed by atoms with Gasteiger partial charge in [-0.15, -0.1) is 0 Å². The number of nitrogens with zero attached hydrogens (tertiary/aromatic N) is 2. The number of hydrogen-bond donors (Lipinski definition) is 2. The van der Waals surface area contributed by atoms with E-state index in [0.717, 1.165) is 0 Å². The van der Waals surface area contributed by atoms with Crippen LogP contribution in [0, 0.1) is 0 Å². The van der Waals surface area contributed by atoms with Crippen molar-refractivity contribution >= 4 is 11.6 Å². The smallest absolute Gasteiger partial charge is 0.249 e. The van der Waals surface area contributed by atoms with Crippen LogP contribution >= 0.6 is 0 Å². The highest BCUT2D eigenvalue weighted by molar-refractivity contribution is 5.93. The molecule has 0 unspecified atom stereocenters. The average molecular weight is 274 g/mol. The number of carbonyl (C=O) groups excluding carboxylic acids is 1. The predicted molar refractivity (Wildman–Crippen MR) is 72.6 cm³/mol. The fraction of sp³-hybridized carbons (Fsp3) is 0.154. The molecule has 0 saturated carbocycles. The molecular formula is C13H14N4O3. The summed E-state index contributed by atoms with van der Waals surface area (Å²) in [5, 5.41) is 0. The van der Waals surface area contributed by atoms with E-state index in [0.29, 0.717) is 17.9 Å². The standard InChI is InChI=1S/C13H14N4O3/c1-2-19-12-10(14)13(17-7-16-12)20-9-5-3-4-8(6-9)11(15)18/h3-7H,2,14H2,1H3,(H2,15,18). The Bertz CT molecular complexity index is 631. The molecule has 0 bridgehead atoms. The van der Waals surface area contributed by atoms with Crippen molar-refractivity contribution in [2.45, 2.75) is 6.92 Å². The van der Waals surface area contributed by atoms with Crippen molar-refractivity contribution in [3.8, 4) is 17.5 Å². The Morgan fingerprint density at radius 2 is 2.05 bits per heavy atom. The number of amides is 1. The Morgan fingerprint density at radius 1 is 1.30 bits per heavy atom. The molecular weight excluding hydrogens is 260 g/mol. The van der Waals surface area contributed by atoms with Crippen LogP contribution in [0.15, 0.2) is 30.6 Å². The molecule has 0 radical (unpaired) electrons. The van der Waals surface area contributed by atoms with Crippen LogP contribution in [0.3, 0.4) is 0 Å². The van der Waals surface area contributed by atoms with E-state index in [-0.39, 0.29) is 17.4 Å². The first kappa shape index (κ1) is 13.6. The van der Waals surface area contributed by atoms with E-state index in [9.17, 15) is 4.79 Å². The Kier molecular flexibility index (Phi) is 3.99. The zero-order chi connectivity index (χ0) is 14.5. The van der Waals surface area contributed by atoms with Gasteiger partial charge < -0.3 is 20.9 Å². The summed E-state index contributed by atoms with van der Waals surface area (Å²) in [4.78, 5) is 18.9. The molecule has 7 heteroatoms. The molecule has 1 aromatic carbocycles. The molecule has 1 heterocycles. The van der Waals surface area contributed by atoms with Gasteiger partial charge in [-0.3, -0.25) is 4.79 Å². The summed E-state index contributed by atoms with van der Waals surface area (Å²) in [6, 6.07) is 6.40. The SMILES string of the molecule is CCOc1ncnc(Oc2cccc(C(N)=O)c2)c1N. The van der Waals surface area contributed by atoms with Crippen LogP contribution in [-0.2, 0) is 0 Å². The van der Waals surface area contributed by atoms with Crippen molar-refractivity contribution in [3.05, 3.63) is 36.2 Å². The number of benzene rings is 1. The molecule has 0 fully saturated rings. The van der Waals surface area contributed by atoms with Crippen LogP contribution in [0.1, 0.15) is 17.3 Å². The highest BCUT2D eigenvalue weighted by Crippen LogP contribution is 2.30. The molecule has 2 aromatic rings. The summed E-state index contributed by atoms with van der Waals surface area (Å²) in [7, 11) is 0. The molecule has 1 aromatic heterocycles. The van der Waals surface area contributed by atoms with Crippen molar-refractivity contribution in [2.24, 2.45) is 5.73 Å². The second-order valence-electron chi connectivity index (χ2n) is 3.82. The fourth-order valence-electron chi connectivity index (χ4n) is 1.52.